The minimum Gasteiger partial charge on any atom is -0.486 e. The van der Waals surface area contributed by atoms with E-state index < -0.39 is 59.7 Å². The number of nitrogens with two attached hydrogens (primary N) is 1. The van der Waals surface area contributed by atoms with Crippen molar-refractivity contribution in [3.8, 4) is 5.75 Å². The normalized spacial score (nSPS) is 19.6. The van der Waals surface area contributed by atoms with Crippen LogP contribution in [0.15, 0.2) is 18.2 Å². The zero-order valence-corrected chi connectivity index (χ0v) is 16.5. The number of alkyl halides is 5. The molecule has 172 valence electrons. The first-order valence-corrected chi connectivity index (χ1v) is 8.81. The fourth-order valence-corrected chi connectivity index (χ4v) is 2.85. The van der Waals surface area contributed by atoms with E-state index in [4.69, 9.17) is 10.5 Å². The molecule has 7 nitrogen and oxygen atoms in total. The van der Waals surface area contributed by atoms with Crippen LogP contribution in [0.5, 0.6) is 5.75 Å². The molecular formula is C18H19F6N3O4. The number of carbonyl (C=O) groups is 3. The summed E-state index contributed by atoms with van der Waals surface area (Å²) in [4.78, 5) is 37.2. The van der Waals surface area contributed by atoms with E-state index in [9.17, 15) is 40.7 Å². The van der Waals surface area contributed by atoms with Gasteiger partial charge in [0.15, 0.2) is 0 Å². The summed E-state index contributed by atoms with van der Waals surface area (Å²) in [7, 11) is 0. The van der Waals surface area contributed by atoms with Crippen molar-refractivity contribution in [1.82, 2.24) is 4.90 Å². The van der Waals surface area contributed by atoms with Crippen molar-refractivity contribution in [2.45, 2.75) is 45.0 Å². The number of benzene rings is 1. The van der Waals surface area contributed by atoms with Gasteiger partial charge in [0.1, 0.15) is 29.1 Å². The molecular weight excluding hydrogens is 436 g/mol. The lowest BCUT2D eigenvalue weighted by atomic mass is 9.89. The van der Waals surface area contributed by atoms with E-state index in [1.54, 1.807) is 0 Å². The summed E-state index contributed by atoms with van der Waals surface area (Å²) in [5, 5.41) is 2.14. The maximum absolute atomic E-state index is 13.9. The maximum atomic E-state index is 13.9. The summed E-state index contributed by atoms with van der Waals surface area (Å²) >= 11 is 0. The third-order valence-corrected chi connectivity index (χ3v) is 4.76. The highest BCUT2D eigenvalue weighted by Gasteiger charge is 2.60. The molecule has 0 aliphatic carbocycles. The van der Waals surface area contributed by atoms with Crippen molar-refractivity contribution >= 4 is 23.4 Å². The van der Waals surface area contributed by atoms with E-state index in [2.05, 4.69) is 5.32 Å². The van der Waals surface area contributed by atoms with E-state index >= 15 is 0 Å². The molecule has 1 aromatic carbocycles. The summed E-state index contributed by atoms with van der Waals surface area (Å²) in [6.45, 7) is 0.704. The number of hydrogen-bond donors (Lipinski definition) is 2. The Morgan fingerprint density at radius 2 is 1.77 bits per heavy atom. The van der Waals surface area contributed by atoms with Crippen LogP contribution in [0.4, 0.5) is 32.0 Å². The number of nitrogens with zero attached hydrogens (tertiary/aromatic N) is 1. The number of nitrogens with one attached hydrogen (secondary N) is 1. The Balaban J connectivity index is 2.56. The van der Waals surface area contributed by atoms with E-state index in [0.717, 1.165) is 39.0 Å². The van der Waals surface area contributed by atoms with E-state index in [-0.39, 0.29) is 16.3 Å². The molecule has 0 saturated heterocycles. The molecule has 1 aromatic rings. The Morgan fingerprint density at radius 1 is 1.19 bits per heavy atom. The van der Waals surface area contributed by atoms with Crippen LogP contribution in [-0.4, -0.2) is 53.4 Å². The molecule has 1 aliphatic rings. The van der Waals surface area contributed by atoms with Crippen molar-refractivity contribution in [3.63, 3.8) is 0 Å². The quantitative estimate of drug-likeness (QED) is 0.526. The molecule has 0 fully saturated rings. The predicted molar refractivity (Wildman–Crippen MR) is 94.6 cm³/mol. The molecule has 1 aliphatic heterocycles. The Hall–Kier alpha value is -2.99. The van der Waals surface area contributed by atoms with Gasteiger partial charge in [0.05, 0.1) is 12.2 Å². The van der Waals surface area contributed by atoms with Gasteiger partial charge in [-0.25, -0.2) is 4.39 Å². The van der Waals surface area contributed by atoms with Gasteiger partial charge < -0.3 is 20.7 Å². The first kappa shape index (κ1) is 24.3. The van der Waals surface area contributed by atoms with Gasteiger partial charge in [-0.1, -0.05) is 0 Å². The number of carbonyl (C=O) groups excluding carboxylic acids is 3. The predicted octanol–water partition coefficient (Wildman–Crippen LogP) is 2.45. The largest absolute Gasteiger partial charge is 0.486 e. The van der Waals surface area contributed by atoms with Gasteiger partial charge in [-0.3, -0.25) is 14.4 Å². The first-order chi connectivity index (χ1) is 14.0. The lowest BCUT2D eigenvalue weighted by Crippen LogP contribution is -2.62. The van der Waals surface area contributed by atoms with Crippen LogP contribution in [0.25, 0.3) is 0 Å². The summed E-state index contributed by atoms with van der Waals surface area (Å²) in [6.07, 6.45) is -7.51. The first-order valence-electron chi connectivity index (χ1n) is 8.81. The van der Waals surface area contributed by atoms with Crippen LogP contribution < -0.4 is 15.8 Å². The van der Waals surface area contributed by atoms with Gasteiger partial charge in [0, 0.05) is 6.07 Å². The molecule has 0 bridgehead atoms. The molecule has 2 atom stereocenters. The monoisotopic (exact) mass is 455 g/mol. The molecule has 3 N–H and O–H groups in total. The van der Waals surface area contributed by atoms with Crippen LogP contribution in [0.3, 0.4) is 0 Å². The maximum Gasteiger partial charge on any atom is 0.455 e. The van der Waals surface area contributed by atoms with E-state index in [0.29, 0.717) is 0 Å². The molecule has 0 radical (unpaired) electrons. The van der Waals surface area contributed by atoms with Gasteiger partial charge in [-0.15, -0.1) is 0 Å². The molecule has 13 heteroatoms. The fourth-order valence-electron chi connectivity index (χ4n) is 2.85. The lowest BCUT2D eigenvalue weighted by Gasteiger charge is -2.38. The minimum atomic E-state index is -6.06. The van der Waals surface area contributed by atoms with Crippen LogP contribution in [0, 0.1) is 11.2 Å². The molecule has 31 heavy (non-hydrogen) atoms. The second kappa shape index (κ2) is 7.93. The minimum absolute atomic E-state index is 0.0829. The molecule has 0 saturated carbocycles. The summed E-state index contributed by atoms with van der Waals surface area (Å²) in [5.41, 5.74) is 2.66. The molecule has 3 amide bonds. The number of halogens is 6. The van der Waals surface area contributed by atoms with Crippen LogP contribution in [0.1, 0.15) is 20.8 Å². The van der Waals surface area contributed by atoms with Crippen LogP contribution in [0.2, 0.25) is 0 Å². The second-order valence-electron chi connectivity index (χ2n) is 7.52. The number of amides is 3. The Bertz CT molecular complexity index is 903. The third kappa shape index (κ3) is 4.69. The van der Waals surface area contributed by atoms with Crippen molar-refractivity contribution in [1.29, 1.82) is 0 Å². The summed E-state index contributed by atoms with van der Waals surface area (Å²) < 4.78 is 85.3. The fraction of sp³-hybridized carbons (Fsp3) is 0.500. The molecule has 0 unspecified atom stereocenters. The summed E-state index contributed by atoms with van der Waals surface area (Å²) in [6, 6.07) is 0.879. The Kier molecular flexibility index (Phi) is 6.21. The third-order valence-electron chi connectivity index (χ3n) is 4.76. The van der Waals surface area contributed by atoms with Gasteiger partial charge in [0.25, 0.3) is 5.91 Å². The number of fused-ring (bicyclic) bond motifs is 1. The van der Waals surface area contributed by atoms with Gasteiger partial charge >= 0.3 is 12.1 Å². The van der Waals surface area contributed by atoms with Crippen molar-refractivity contribution in [3.05, 3.63) is 24.0 Å². The summed E-state index contributed by atoms with van der Waals surface area (Å²) in [5.74, 6) is -10.4. The van der Waals surface area contributed by atoms with Crippen LogP contribution in [-0.2, 0) is 14.4 Å². The second-order valence-corrected chi connectivity index (χ2v) is 7.52. The average Bonchev–Trinajstić information content (AvgIpc) is 2.72. The SMILES string of the molecule is C[C@H]1Oc2ccc(F)cc2NC(=O)[C@H]1N(CC(F)(F)C(F)(F)F)C(=O)C(C)(C)C(N)=O. The van der Waals surface area contributed by atoms with Crippen molar-refractivity contribution in [2.75, 3.05) is 11.9 Å². The average molecular weight is 455 g/mol. The molecule has 0 spiro atoms. The number of rotatable bonds is 5. The molecule has 1 heterocycles. The highest BCUT2D eigenvalue weighted by molar-refractivity contribution is 6.06. The highest BCUT2D eigenvalue weighted by Crippen LogP contribution is 2.39. The lowest BCUT2D eigenvalue weighted by molar-refractivity contribution is -0.287. The standard InChI is InChI=1S/C18H19F6N3O4/c1-8-12(13(28)26-10-6-9(19)4-5-11(10)31-8)27(7-17(20,21)18(22,23)24)15(30)16(2,3)14(25)29/h4-6,8,12H,7H2,1-3H3,(H2,25,29)(H,26,28)/t8-,12+/m1/s1. The Labute approximate surface area is 172 Å². The van der Waals surface area contributed by atoms with Crippen molar-refractivity contribution < 1.29 is 45.5 Å². The molecule has 0 aromatic heterocycles. The van der Waals surface area contributed by atoms with E-state index in [1.165, 1.54) is 0 Å². The van der Waals surface area contributed by atoms with Gasteiger partial charge in [0.2, 0.25) is 11.8 Å². The van der Waals surface area contributed by atoms with Gasteiger partial charge in [-0.05, 0) is 32.9 Å². The molecule has 2 rings (SSSR count). The smallest absolute Gasteiger partial charge is 0.455 e. The van der Waals surface area contributed by atoms with Crippen LogP contribution >= 0.6 is 0 Å². The number of anilines is 1. The Morgan fingerprint density at radius 3 is 2.29 bits per heavy atom. The number of ether oxygens (including phenoxy) is 1. The topological polar surface area (TPSA) is 102 Å². The number of hydrogen-bond acceptors (Lipinski definition) is 4. The highest BCUT2D eigenvalue weighted by atomic mass is 19.4. The zero-order chi connectivity index (χ0) is 23.9. The number of primary amides is 1. The zero-order valence-electron chi connectivity index (χ0n) is 16.5. The van der Waals surface area contributed by atoms with Gasteiger partial charge in [-0.2, -0.15) is 22.0 Å². The van der Waals surface area contributed by atoms with Crippen molar-refractivity contribution in [2.24, 2.45) is 11.1 Å². The van der Waals surface area contributed by atoms with E-state index in [1.807, 2.05) is 0 Å².